The number of aromatic nitrogens is 1. The topological polar surface area (TPSA) is 93.5 Å². The molecule has 0 spiro atoms. The predicted octanol–water partition coefficient (Wildman–Crippen LogP) is 3.81. The molecule has 3 aromatic rings. The zero-order chi connectivity index (χ0) is 20.9. The van der Waals surface area contributed by atoms with Crippen molar-refractivity contribution in [3.8, 4) is 11.3 Å². The highest BCUT2D eigenvalue weighted by molar-refractivity contribution is 6.11. The molecule has 1 atom stereocenters. The van der Waals surface area contributed by atoms with Crippen molar-refractivity contribution in [1.82, 2.24) is 10.5 Å². The number of benzene rings is 2. The molecule has 7 nitrogen and oxygen atoms in total. The van der Waals surface area contributed by atoms with E-state index in [9.17, 15) is 9.59 Å². The Bertz CT molecular complexity index is 1040. The molecule has 1 saturated heterocycles. The highest BCUT2D eigenvalue weighted by atomic mass is 16.5. The summed E-state index contributed by atoms with van der Waals surface area (Å²) in [4.78, 5) is 25.8. The third-order valence-corrected chi connectivity index (χ3v) is 5.07. The van der Waals surface area contributed by atoms with E-state index in [0.29, 0.717) is 34.8 Å². The van der Waals surface area contributed by atoms with Gasteiger partial charge in [0.25, 0.3) is 11.8 Å². The Morgan fingerprint density at radius 1 is 1.07 bits per heavy atom. The Hall–Kier alpha value is -3.45. The average Bonchev–Trinajstić information content (AvgIpc) is 3.42. The number of hydrogen-bond acceptors (Lipinski definition) is 5. The van der Waals surface area contributed by atoms with Crippen molar-refractivity contribution in [3.63, 3.8) is 0 Å². The van der Waals surface area contributed by atoms with Crippen LogP contribution in [0.15, 0.2) is 59.1 Å². The van der Waals surface area contributed by atoms with Gasteiger partial charge in [0.15, 0.2) is 0 Å². The van der Waals surface area contributed by atoms with Crippen LogP contribution in [0, 0.1) is 6.92 Å². The van der Waals surface area contributed by atoms with E-state index in [2.05, 4.69) is 15.8 Å². The maximum atomic E-state index is 13.1. The maximum Gasteiger partial charge on any atom is 0.261 e. The lowest BCUT2D eigenvalue weighted by Crippen LogP contribution is -2.32. The van der Waals surface area contributed by atoms with Crippen LogP contribution in [-0.2, 0) is 4.74 Å². The average molecular weight is 405 g/mol. The lowest BCUT2D eigenvalue weighted by Gasteiger charge is -2.14. The van der Waals surface area contributed by atoms with Crippen LogP contribution in [-0.4, -0.2) is 36.2 Å². The number of hydrogen-bond donors (Lipinski definition) is 2. The van der Waals surface area contributed by atoms with E-state index in [1.165, 1.54) is 0 Å². The molecule has 0 unspecified atom stereocenters. The highest BCUT2D eigenvalue weighted by Crippen LogP contribution is 2.26. The van der Waals surface area contributed by atoms with E-state index < -0.39 is 0 Å². The summed E-state index contributed by atoms with van der Waals surface area (Å²) in [6.07, 6.45) is 1.99. The predicted molar refractivity (Wildman–Crippen MR) is 112 cm³/mol. The molecule has 0 radical (unpaired) electrons. The fraction of sp³-hybridized carbons (Fsp3) is 0.261. The molecule has 2 aromatic carbocycles. The first-order valence-corrected chi connectivity index (χ1v) is 9.95. The van der Waals surface area contributed by atoms with Crippen molar-refractivity contribution >= 4 is 17.5 Å². The van der Waals surface area contributed by atoms with Gasteiger partial charge in [-0.05, 0) is 31.9 Å². The summed E-state index contributed by atoms with van der Waals surface area (Å²) in [6.45, 7) is 2.87. The third-order valence-electron chi connectivity index (χ3n) is 5.07. The smallest absolute Gasteiger partial charge is 0.261 e. The van der Waals surface area contributed by atoms with E-state index in [1.807, 2.05) is 30.3 Å². The summed E-state index contributed by atoms with van der Waals surface area (Å²) in [6, 6.07) is 16.3. The molecule has 0 aliphatic carbocycles. The van der Waals surface area contributed by atoms with Crippen LogP contribution >= 0.6 is 0 Å². The van der Waals surface area contributed by atoms with Gasteiger partial charge in [0, 0.05) is 18.7 Å². The highest BCUT2D eigenvalue weighted by Gasteiger charge is 2.23. The number of carbonyl (C=O) groups excluding carboxylic acids is 2. The van der Waals surface area contributed by atoms with Crippen LogP contribution in [0.2, 0.25) is 0 Å². The largest absolute Gasteiger partial charge is 0.376 e. The molecule has 30 heavy (non-hydrogen) atoms. The summed E-state index contributed by atoms with van der Waals surface area (Å²) in [5.74, 6) is -0.231. The van der Waals surface area contributed by atoms with Gasteiger partial charge in [-0.15, -0.1) is 0 Å². The molecule has 0 saturated carbocycles. The molecule has 2 amide bonds. The molecular formula is C23H23N3O4. The zero-order valence-corrected chi connectivity index (χ0v) is 16.7. The summed E-state index contributed by atoms with van der Waals surface area (Å²) in [5.41, 5.74) is 2.40. The molecule has 4 rings (SSSR count). The Labute approximate surface area is 174 Å². The van der Waals surface area contributed by atoms with Crippen LogP contribution in [0.3, 0.4) is 0 Å². The second kappa shape index (κ2) is 8.92. The van der Waals surface area contributed by atoms with Gasteiger partial charge in [-0.3, -0.25) is 9.59 Å². The number of amides is 2. The molecule has 0 bridgehead atoms. The van der Waals surface area contributed by atoms with E-state index in [4.69, 9.17) is 9.26 Å². The SMILES string of the molecule is Cc1onc(-c2ccccc2)c1C(=O)Nc1ccccc1C(=O)NC[C@@H]1CCCO1. The number of nitrogens with one attached hydrogen (secondary N) is 2. The van der Waals surface area contributed by atoms with Crippen molar-refractivity contribution in [2.45, 2.75) is 25.9 Å². The fourth-order valence-electron chi connectivity index (χ4n) is 3.51. The molecule has 1 aliphatic heterocycles. The molecule has 1 aliphatic rings. The molecule has 1 fully saturated rings. The van der Waals surface area contributed by atoms with Crippen molar-refractivity contribution in [2.24, 2.45) is 0 Å². The second-order valence-electron chi connectivity index (χ2n) is 7.17. The molecule has 7 heteroatoms. The quantitative estimate of drug-likeness (QED) is 0.650. The van der Waals surface area contributed by atoms with Gasteiger partial charge in [-0.1, -0.05) is 47.6 Å². The number of nitrogens with zero attached hydrogens (tertiary/aromatic N) is 1. The fourth-order valence-corrected chi connectivity index (χ4v) is 3.51. The summed E-state index contributed by atoms with van der Waals surface area (Å²) < 4.78 is 10.8. The van der Waals surface area contributed by atoms with Crippen molar-refractivity contribution < 1.29 is 18.8 Å². The number of ether oxygens (including phenoxy) is 1. The molecule has 1 aromatic heterocycles. The van der Waals surface area contributed by atoms with Crippen LogP contribution in [0.25, 0.3) is 11.3 Å². The Morgan fingerprint density at radius 3 is 2.60 bits per heavy atom. The van der Waals surface area contributed by atoms with Crippen molar-refractivity contribution in [3.05, 3.63) is 71.5 Å². The standard InChI is InChI=1S/C23H23N3O4/c1-15-20(21(26-30-15)16-8-3-2-4-9-16)23(28)25-19-12-6-5-11-18(19)22(27)24-14-17-10-7-13-29-17/h2-6,8-9,11-12,17H,7,10,13-14H2,1H3,(H,24,27)(H,25,28)/t17-/m0/s1. The van der Waals surface area contributed by atoms with E-state index in [-0.39, 0.29) is 17.9 Å². The monoisotopic (exact) mass is 405 g/mol. The molecule has 2 N–H and O–H groups in total. The Morgan fingerprint density at radius 2 is 1.83 bits per heavy atom. The Balaban J connectivity index is 1.53. The molecule has 2 heterocycles. The van der Waals surface area contributed by atoms with Gasteiger partial charge in [0.1, 0.15) is 17.0 Å². The summed E-state index contributed by atoms with van der Waals surface area (Å²) >= 11 is 0. The number of rotatable bonds is 6. The van der Waals surface area contributed by atoms with E-state index in [0.717, 1.165) is 25.0 Å². The Kier molecular flexibility index (Phi) is 5.90. The number of para-hydroxylation sites is 1. The normalized spacial score (nSPS) is 15.7. The second-order valence-corrected chi connectivity index (χ2v) is 7.17. The van der Waals surface area contributed by atoms with Crippen LogP contribution in [0.5, 0.6) is 0 Å². The van der Waals surface area contributed by atoms with Crippen molar-refractivity contribution in [2.75, 3.05) is 18.5 Å². The van der Waals surface area contributed by atoms with Gasteiger partial charge < -0.3 is 19.9 Å². The maximum absolute atomic E-state index is 13.1. The van der Waals surface area contributed by atoms with Gasteiger partial charge in [0.2, 0.25) is 0 Å². The zero-order valence-electron chi connectivity index (χ0n) is 16.7. The van der Waals surface area contributed by atoms with E-state index >= 15 is 0 Å². The molecule has 154 valence electrons. The number of aryl methyl sites for hydroxylation is 1. The van der Waals surface area contributed by atoms with Gasteiger partial charge in [-0.2, -0.15) is 0 Å². The number of anilines is 1. The van der Waals surface area contributed by atoms with E-state index in [1.54, 1.807) is 31.2 Å². The van der Waals surface area contributed by atoms with Gasteiger partial charge >= 0.3 is 0 Å². The third kappa shape index (κ3) is 4.26. The van der Waals surface area contributed by atoms with Crippen LogP contribution in [0.4, 0.5) is 5.69 Å². The minimum Gasteiger partial charge on any atom is -0.376 e. The lowest BCUT2D eigenvalue weighted by molar-refractivity contribution is 0.0858. The lowest BCUT2D eigenvalue weighted by atomic mass is 10.1. The number of carbonyl (C=O) groups is 2. The van der Waals surface area contributed by atoms with Crippen LogP contribution in [0.1, 0.15) is 39.3 Å². The minimum absolute atomic E-state index is 0.0452. The van der Waals surface area contributed by atoms with Crippen LogP contribution < -0.4 is 10.6 Å². The first kappa shape index (κ1) is 19.8. The summed E-state index contributed by atoms with van der Waals surface area (Å²) in [7, 11) is 0. The first-order chi connectivity index (χ1) is 14.6. The minimum atomic E-state index is -0.382. The first-order valence-electron chi connectivity index (χ1n) is 9.95. The van der Waals surface area contributed by atoms with Gasteiger partial charge in [0.05, 0.1) is 17.4 Å². The van der Waals surface area contributed by atoms with Crippen molar-refractivity contribution in [1.29, 1.82) is 0 Å². The molecular weight excluding hydrogens is 382 g/mol. The summed E-state index contributed by atoms with van der Waals surface area (Å²) in [5, 5.41) is 9.78. The van der Waals surface area contributed by atoms with Gasteiger partial charge in [-0.25, -0.2) is 0 Å².